The molecule has 5 aromatic rings. The molecule has 270 valence electrons. The Balaban J connectivity index is 0.972. The fourth-order valence-electron chi connectivity index (χ4n) is 7.04. The number of benzene rings is 4. The van der Waals surface area contributed by atoms with Crippen LogP contribution in [0.3, 0.4) is 0 Å². The number of β-amino-alcohol motifs (C(OH)–C–C–N with tert-alkyl or cyclic N) is 2. The minimum Gasteiger partial charge on any atom is -0.391 e. The maximum Gasteiger partial charge on any atom is 0.247 e. The van der Waals surface area contributed by atoms with Gasteiger partial charge in [0.1, 0.15) is 12.1 Å². The quantitative estimate of drug-likeness (QED) is 0.146. The zero-order valence-corrected chi connectivity index (χ0v) is 28.9. The maximum atomic E-state index is 13.3. The number of H-pyrrole nitrogens is 1. The highest BCUT2D eigenvalue weighted by Gasteiger charge is 2.40. The predicted octanol–water partition coefficient (Wildman–Crippen LogP) is 4.03. The minimum absolute atomic E-state index is 0.109. The van der Waals surface area contributed by atoms with Crippen molar-refractivity contribution in [3.05, 3.63) is 127 Å². The fourth-order valence-corrected chi connectivity index (χ4v) is 7.04. The molecular formula is C41H40N6O6. The van der Waals surface area contributed by atoms with Crippen LogP contribution in [0, 0.1) is 0 Å². The number of aliphatic hydroxyl groups excluding tert-OH is 2. The molecule has 0 unspecified atom stereocenters. The molecule has 0 saturated carbocycles. The summed E-state index contributed by atoms with van der Waals surface area (Å²) in [7, 11) is 0. The van der Waals surface area contributed by atoms with E-state index in [2.05, 4.69) is 20.6 Å². The van der Waals surface area contributed by atoms with Gasteiger partial charge in [0, 0.05) is 48.4 Å². The van der Waals surface area contributed by atoms with Gasteiger partial charge in [0.2, 0.25) is 23.6 Å². The molecule has 0 radical (unpaired) electrons. The summed E-state index contributed by atoms with van der Waals surface area (Å²) >= 11 is 0. The molecule has 4 atom stereocenters. The van der Waals surface area contributed by atoms with Gasteiger partial charge in [0.05, 0.1) is 42.8 Å². The number of imidazole rings is 1. The number of rotatable bonds is 10. The molecule has 3 heterocycles. The van der Waals surface area contributed by atoms with E-state index in [9.17, 15) is 29.4 Å². The summed E-state index contributed by atoms with van der Waals surface area (Å²) in [5, 5.41) is 26.4. The van der Waals surface area contributed by atoms with Crippen molar-refractivity contribution in [3.63, 3.8) is 0 Å². The highest BCUT2D eigenvalue weighted by atomic mass is 16.3. The van der Waals surface area contributed by atoms with Crippen LogP contribution in [0.2, 0.25) is 0 Å². The number of aromatic amines is 1. The number of likely N-dealkylation sites (tertiary alicyclic amines) is 2. The van der Waals surface area contributed by atoms with Gasteiger partial charge in [-0.15, -0.1) is 0 Å². The van der Waals surface area contributed by atoms with Gasteiger partial charge in [0.15, 0.2) is 0 Å². The molecule has 4 amide bonds. The van der Waals surface area contributed by atoms with Gasteiger partial charge >= 0.3 is 0 Å². The Morgan fingerprint density at radius 3 is 1.51 bits per heavy atom. The number of carbonyl (C=O) groups is 4. The molecular weight excluding hydrogens is 672 g/mol. The van der Waals surface area contributed by atoms with Crippen LogP contribution in [-0.2, 0) is 32.0 Å². The van der Waals surface area contributed by atoms with Crippen molar-refractivity contribution in [2.45, 2.75) is 50.0 Å². The Morgan fingerprint density at radius 1 is 0.623 bits per heavy atom. The maximum absolute atomic E-state index is 13.3. The lowest BCUT2D eigenvalue weighted by Gasteiger charge is -2.24. The highest BCUT2D eigenvalue weighted by Crippen LogP contribution is 2.31. The molecule has 12 nitrogen and oxygen atoms in total. The number of aromatic nitrogens is 2. The predicted molar refractivity (Wildman–Crippen MR) is 199 cm³/mol. The summed E-state index contributed by atoms with van der Waals surface area (Å²) < 4.78 is 0. The summed E-state index contributed by atoms with van der Waals surface area (Å²) in [4.78, 5) is 63.3. The van der Waals surface area contributed by atoms with Gasteiger partial charge in [-0.25, -0.2) is 4.98 Å². The van der Waals surface area contributed by atoms with E-state index in [1.165, 1.54) is 9.80 Å². The average Bonchev–Trinajstić information content (AvgIpc) is 3.92. The van der Waals surface area contributed by atoms with Gasteiger partial charge in [-0.2, -0.15) is 0 Å². The van der Waals surface area contributed by atoms with Crippen molar-refractivity contribution in [2.24, 2.45) is 0 Å². The molecule has 0 aliphatic carbocycles. The van der Waals surface area contributed by atoms with Crippen molar-refractivity contribution < 1.29 is 29.4 Å². The van der Waals surface area contributed by atoms with E-state index >= 15 is 0 Å². The topological polar surface area (TPSA) is 168 Å². The summed E-state index contributed by atoms with van der Waals surface area (Å²) in [5.74, 6) is -1.15. The standard InChI is InChI=1S/C41H40N6O6/c48-32-21-34(46(23-32)36(50)19-26-7-3-1-4-8-26)40(52)44-30-15-11-28(12-16-30)38-39(43-25-42-38)29-13-17-31(18-14-29)45-41(53)35-22-33(49)24-47(35)37(51)20-27-9-5-2-6-10-27/h1-18,25,32-35,48-49H,19-24H2,(H,42,43)(H,44,52)(H,45,53)/t32-,33-,34-,35-/m0/s1. The third-order valence-electron chi connectivity index (χ3n) is 9.71. The Morgan fingerprint density at radius 2 is 1.06 bits per heavy atom. The minimum atomic E-state index is -0.780. The monoisotopic (exact) mass is 712 g/mol. The first-order chi connectivity index (χ1) is 25.7. The number of carbonyl (C=O) groups excluding carboxylic acids is 4. The molecule has 12 heteroatoms. The van der Waals surface area contributed by atoms with Gasteiger partial charge in [0.25, 0.3) is 0 Å². The molecule has 4 aromatic carbocycles. The van der Waals surface area contributed by atoms with E-state index in [1.54, 1.807) is 30.6 Å². The molecule has 2 fully saturated rings. The van der Waals surface area contributed by atoms with E-state index in [-0.39, 0.29) is 62.4 Å². The van der Waals surface area contributed by atoms with Crippen LogP contribution in [0.4, 0.5) is 11.4 Å². The lowest BCUT2D eigenvalue weighted by Crippen LogP contribution is -2.43. The SMILES string of the molecule is O=C(Nc1ccc(-c2nc[nH]c2-c2ccc(NC(=O)[C@@H]3C[C@H](O)CN3C(=O)Cc3ccccc3)cc2)cc1)[C@@H]1C[C@H](O)CN1C(=O)Cc1ccccc1. The van der Waals surface area contributed by atoms with Crippen LogP contribution >= 0.6 is 0 Å². The van der Waals surface area contributed by atoms with Crippen LogP contribution < -0.4 is 10.6 Å². The van der Waals surface area contributed by atoms with Crippen molar-refractivity contribution in [3.8, 4) is 22.5 Å². The highest BCUT2D eigenvalue weighted by molar-refractivity contribution is 5.99. The van der Waals surface area contributed by atoms with Gasteiger partial charge in [-0.3, -0.25) is 19.2 Å². The van der Waals surface area contributed by atoms with Crippen molar-refractivity contribution in [1.29, 1.82) is 0 Å². The lowest BCUT2D eigenvalue weighted by atomic mass is 10.0. The molecule has 2 aliphatic heterocycles. The summed E-state index contributed by atoms with van der Waals surface area (Å²) in [5.41, 5.74) is 5.84. The average molecular weight is 713 g/mol. The third-order valence-corrected chi connectivity index (χ3v) is 9.71. The molecule has 1 aromatic heterocycles. The van der Waals surface area contributed by atoms with Crippen LogP contribution in [0.5, 0.6) is 0 Å². The van der Waals surface area contributed by atoms with E-state index in [1.807, 2.05) is 84.9 Å². The van der Waals surface area contributed by atoms with E-state index in [0.717, 1.165) is 27.9 Å². The second-order valence-corrected chi connectivity index (χ2v) is 13.5. The Labute approximate surface area is 306 Å². The van der Waals surface area contributed by atoms with Crippen LogP contribution in [0.15, 0.2) is 116 Å². The van der Waals surface area contributed by atoms with Gasteiger partial charge in [-0.1, -0.05) is 84.9 Å². The number of amides is 4. The number of nitrogens with zero attached hydrogens (tertiary/aromatic N) is 3. The molecule has 2 aliphatic rings. The van der Waals surface area contributed by atoms with E-state index in [0.29, 0.717) is 17.1 Å². The summed E-state index contributed by atoms with van der Waals surface area (Å²) in [6, 6.07) is 31.5. The normalized spacial score (nSPS) is 19.6. The molecule has 53 heavy (non-hydrogen) atoms. The molecule has 5 N–H and O–H groups in total. The van der Waals surface area contributed by atoms with Crippen LogP contribution in [-0.4, -0.2) is 91.0 Å². The van der Waals surface area contributed by atoms with E-state index < -0.39 is 24.3 Å². The first-order valence-corrected chi connectivity index (χ1v) is 17.6. The van der Waals surface area contributed by atoms with E-state index in [4.69, 9.17) is 0 Å². The van der Waals surface area contributed by atoms with Crippen molar-refractivity contribution >= 4 is 35.0 Å². The molecule has 0 bridgehead atoms. The van der Waals surface area contributed by atoms with Crippen LogP contribution in [0.25, 0.3) is 22.5 Å². The number of anilines is 2. The van der Waals surface area contributed by atoms with Gasteiger partial charge in [-0.05, 0) is 35.4 Å². The Kier molecular flexibility index (Phi) is 10.4. The number of aliphatic hydroxyl groups is 2. The summed E-state index contributed by atoms with van der Waals surface area (Å²) in [6.07, 6.45) is 0.680. The van der Waals surface area contributed by atoms with Gasteiger partial charge < -0.3 is 35.6 Å². The first-order valence-electron chi connectivity index (χ1n) is 17.6. The van der Waals surface area contributed by atoms with Crippen molar-refractivity contribution in [2.75, 3.05) is 23.7 Å². The Bertz CT molecular complexity index is 1920. The molecule has 2 saturated heterocycles. The zero-order valence-electron chi connectivity index (χ0n) is 28.9. The van der Waals surface area contributed by atoms with Crippen LogP contribution in [0.1, 0.15) is 24.0 Å². The largest absolute Gasteiger partial charge is 0.391 e. The number of hydrogen-bond acceptors (Lipinski definition) is 7. The zero-order chi connectivity index (χ0) is 36.9. The lowest BCUT2D eigenvalue weighted by molar-refractivity contribution is -0.136. The number of hydrogen-bond donors (Lipinski definition) is 5. The smallest absolute Gasteiger partial charge is 0.247 e. The van der Waals surface area contributed by atoms with Crippen molar-refractivity contribution in [1.82, 2.24) is 19.8 Å². The third kappa shape index (κ3) is 8.19. The first kappa shape index (κ1) is 35.3. The molecule has 0 spiro atoms. The summed E-state index contributed by atoms with van der Waals surface area (Å²) in [6.45, 7) is 0.218. The molecule has 7 rings (SSSR count). The number of nitrogens with one attached hydrogen (secondary N) is 3. The second kappa shape index (κ2) is 15.6. The second-order valence-electron chi connectivity index (χ2n) is 13.5. The Hall–Kier alpha value is -6.11. The fraction of sp³-hybridized carbons (Fsp3) is 0.244.